The van der Waals surface area contributed by atoms with Crippen molar-refractivity contribution < 1.29 is 4.74 Å². The van der Waals surface area contributed by atoms with Gasteiger partial charge >= 0.3 is 0 Å². The van der Waals surface area contributed by atoms with Crippen molar-refractivity contribution in [2.75, 3.05) is 7.11 Å². The zero-order valence-electron chi connectivity index (χ0n) is 7.74. The molecule has 68 valence electrons. The zero-order chi connectivity index (χ0) is 9.14. The van der Waals surface area contributed by atoms with Gasteiger partial charge in [0.25, 0.3) is 0 Å². The maximum Gasteiger partial charge on any atom is 0.232 e. The molecule has 0 radical (unpaired) electrons. The minimum absolute atomic E-state index is 0.326. The largest absolute Gasteiger partial charge is 0.480 e. The highest BCUT2D eigenvalue weighted by atomic mass is 16.5. The van der Waals surface area contributed by atoms with Gasteiger partial charge in [0, 0.05) is 18.7 Å². The Morgan fingerprint density at radius 1 is 1.67 bits per heavy atom. The van der Waals surface area contributed by atoms with Crippen LogP contribution in [0, 0.1) is 0 Å². The minimum Gasteiger partial charge on any atom is -0.480 e. The molecular formula is C8H15N3O. The molecule has 0 amide bonds. The lowest BCUT2D eigenvalue weighted by Crippen LogP contribution is -2.10. The molecule has 1 rings (SSSR count). The van der Waals surface area contributed by atoms with E-state index in [9.17, 15) is 0 Å². The molecule has 4 nitrogen and oxygen atoms in total. The average Bonchev–Trinajstić information content (AvgIpc) is 2.47. The van der Waals surface area contributed by atoms with Crippen LogP contribution in [0.1, 0.15) is 25.6 Å². The smallest absolute Gasteiger partial charge is 0.232 e. The van der Waals surface area contributed by atoms with Gasteiger partial charge in [-0.3, -0.25) is 4.68 Å². The van der Waals surface area contributed by atoms with Crippen molar-refractivity contribution in [2.45, 2.75) is 26.4 Å². The fraction of sp³-hybridized carbons (Fsp3) is 0.625. The van der Waals surface area contributed by atoms with Crippen LogP contribution in [0.2, 0.25) is 0 Å². The van der Waals surface area contributed by atoms with E-state index in [1.165, 1.54) is 0 Å². The van der Waals surface area contributed by atoms with Gasteiger partial charge in [-0.05, 0) is 13.8 Å². The predicted molar refractivity (Wildman–Crippen MR) is 47.1 cm³/mol. The molecule has 0 bridgehead atoms. The quantitative estimate of drug-likeness (QED) is 0.732. The Hall–Kier alpha value is -1.03. The summed E-state index contributed by atoms with van der Waals surface area (Å²) in [4.78, 5) is 0. The van der Waals surface area contributed by atoms with E-state index in [2.05, 4.69) is 18.9 Å². The first-order valence-electron chi connectivity index (χ1n) is 4.01. The van der Waals surface area contributed by atoms with E-state index in [-0.39, 0.29) is 0 Å². The first-order valence-corrected chi connectivity index (χ1v) is 4.01. The van der Waals surface area contributed by atoms with E-state index in [0.717, 1.165) is 5.69 Å². The molecule has 0 spiro atoms. The van der Waals surface area contributed by atoms with Crippen molar-refractivity contribution in [3.8, 4) is 5.88 Å². The number of ether oxygens (including phenoxy) is 1. The standard InChI is InChI=1S/C8H15N3O/c1-6(2)11-7(5-9)4-8(10-11)12-3/h4,6H,5,9H2,1-3H3. The zero-order valence-corrected chi connectivity index (χ0v) is 7.74. The second kappa shape index (κ2) is 3.58. The summed E-state index contributed by atoms with van der Waals surface area (Å²) in [7, 11) is 1.60. The van der Waals surface area contributed by atoms with Crippen molar-refractivity contribution in [2.24, 2.45) is 5.73 Å². The molecule has 0 saturated heterocycles. The summed E-state index contributed by atoms with van der Waals surface area (Å²) in [6.45, 7) is 4.62. The number of nitrogens with two attached hydrogens (primary N) is 1. The molecule has 1 aromatic rings. The molecule has 0 aliphatic carbocycles. The van der Waals surface area contributed by atoms with Crippen LogP contribution in [0.15, 0.2) is 6.07 Å². The Balaban J connectivity index is 3.00. The van der Waals surface area contributed by atoms with Crippen LogP contribution in [-0.2, 0) is 6.54 Å². The number of aromatic nitrogens is 2. The molecule has 2 N–H and O–H groups in total. The third kappa shape index (κ3) is 1.58. The van der Waals surface area contributed by atoms with Crippen LogP contribution in [0.4, 0.5) is 0 Å². The van der Waals surface area contributed by atoms with Gasteiger partial charge in [0.1, 0.15) is 0 Å². The Bertz CT molecular complexity index is 255. The molecule has 0 unspecified atom stereocenters. The lowest BCUT2D eigenvalue weighted by molar-refractivity contribution is 0.382. The van der Waals surface area contributed by atoms with E-state index in [4.69, 9.17) is 10.5 Å². The first kappa shape index (κ1) is 9.06. The molecule has 0 fully saturated rings. The van der Waals surface area contributed by atoms with Gasteiger partial charge in [-0.1, -0.05) is 0 Å². The Kier molecular flexibility index (Phi) is 2.70. The summed E-state index contributed by atoms with van der Waals surface area (Å²) in [6, 6.07) is 2.19. The van der Waals surface area contributed by atoms with E-state index >= 15 is 0 Å². The topological polar surface area (TPSA) is 53.1 Å². The van der Waals surface area contributed by atoms with Gasteiger partial charge in [0.05, 0.1) is 12.8 Å². The Morgan fingerprint density at radius 3 is 2.67 bits per heavy atom. The number of nitrogens with zero attached hydrogens (tertiary/aromatic N) is 2. The van der Waals surface area contributed by atoms with Crippen molar-refractivity contribution in [1.82, 2.24) is 9.78 Å². The normalized spacial score (nSPS) is 10.8. The van der Waals surface area contributed by atoms with Crippen molar-refractivity contribution in [1.29, 1.82) is 0 Å². The Morgan fingerprint density at radius 2 is 2.33 bits per heavy atom. The lowest BCUT2D eigenvalue weighted by atomic mass is 10.3. The van der Waals surface area contributed by atoms with Crippen molar-refractivity contribution in [3.05, 3.63) is 11.8 Å². The van der Waals surface area contributed by atoms with E-state index in [0.29, 0.717) is 18.5 Å². The first-order chi connectivity index (χ1) is 5.69. The summed E-state index contributed by atoms with van der Waals surface area (Å²) in [5.41, 5.74) is 6.54. The van der Waals surface area contributed by atoms with Crippen LogP contribution in [-0.4, -0.2) is 16.9 Å². The number of methoxy groups -OCH3 is 1. The van der Waals surface area contributed by atoms with E-state index in [1.807, 2.05) is 10.7 Å². The SMILES string of the molecule is COc1cc(CN)n(C(C)C)n1. The van der Waals surface area contributed by atoms with Gasteiger partial charge in [-0.25, -0.2) is 0 Å². The van der Waals surface area contributed by atoms with Crippen LogP contribution in [0.5, 0.6) is 5.88 Å². The molecule has 1 heterocycles. The highest BCUT2D eigenvalue weighted by Crippen LogP contribution is 2.15. The van der Waals surface area contributed by atoms with Crippen molar-refractivity contribution in [3.63, 3.8) is 0 Å². The van der Waals surface area contributed by atoms with Gasteiger partial charge in [-0.15, -0.1) is 5.10 Å². The van der Waals surface area contributed by atoms with Crippen LogP contribution >= 0.6 is 0 Å². The maximum absolute atomic E-state index is 5.54. The second-order valence-electron chi connectivity index (χ2n) is 2.92. The van der Waals surface area contributed by atoms with E-state index in [1.54, 1.807) is 7.11 Å². The summed E-state index contributed by atoms with van der Waals surface area (Å²) in [5.74, 6) is 0.629. The number of hydrogen-bond acceptors (Lipinski definition) is 3. The molecular weight excluding hydrogens is 154 g/mol. The Labute approximate surface area is 72.3 Å². The molecule has 0 aliphatic rings. The monoisotopic (exact) mass is 169 g/mol. The third-order valence-corrected chi connectivity index (χ3v) is 1.70. The average molecular weight is 169 g/mol. The lowest BCUT2D eigenvalue weighted by Gasteiger charge is -2.08. The van der Waals surface area contributed by atoms with Crippen LogP contribution in [0.25, 0.3) is 0 Å². The fourth-order valence-electron chi connectivity index (χ4n) is 1.11. The van der Waals surface area contributed by atoms with Crippen molar-refractivity contribution >= 4 is 0 Å². The van der Waals surface area contributed by atoms with E-state index < -0.39 is 0 Å². The maximum atomic E-state index is 5.54. The molecule has 0 saturated carbocycles. The van der Waals surface area contributed by atoms with Gasteiger partial charge in [0.15, 0.2) is 0 Å². The number of rotatable bonds is 3. The number of hydrogen-bond donors (Lipinski definition) is 1. The highest BCUT2D eigenvalue weighted by molar-refractivity contribution is 5.15. The van der Waals surface area contributed by atoms with Gasteiger partial charge < -0.3 is 10.5 Å². The van der Waals surface area contributed by atoms with Gasteiger partial charge in [0.2, 0.25) is 5.88 Å². The highest BCUT2D eigenvalue weighted by Gasteiger charge is 2.08. The molecule has 0 aliphatic heterocycles. The molecule has 12 heavy (non-hydrogen) atoms. The third-order valence-electron chi connectivity index (χ3n) is 1.70. The van der Waals surface area contributed by atoms with Crippen LogP contribution in [0.3, 0.4) is 0 Å². The van der Waals surface area contributed by atoms with Gasteiger partial charge in [-0.2, -0.15) is 0 Å². The summed E-state index contributed by atoms with van der Waals surface area (Å²) in [6.07, 6.45) is 0. The molecule has 1 aromatic heterocycles. The summed E-state index contributed by atoms with van der Waals surface area (Å²) >= 11 is 0. The molecule has 4 heteroatoms. The minimum atomic E-state index is 0.326. The predicted octanol–water partition coefficient (Wildman–Crippen LogP) is 0.931. The summed E-state index contributed by atoms with van der Waals surface area (Å²) < 4.78 is 6.87. The summed E-state index contributed by atoms with van der Waals surface area (Å²) in [5, 5.41) is 4.21. The van der Waals surface area contributed by atoms with Crippen LogP contribution < -0.4 is 10.5 Å². The molecule has 0 aromatic carbocycles. The fourth-order valence-corrected chi connectivity index (χ4v) is 1.11. The molecule has 0 atom stereocenters. The second-order valence-corrected chi connectivity index (χ2v) is 2.92.